The first kappa shape index (κ1) is 18.1. The van der Waals surface area contributed by atoms with Gasteiger partial charge in [-0.1, -0.05) is 29.8 Å². The van der Waals surface area contributed by atoms with Gasteiger partial charge in [0, 0.05) is 18.7 Å². The molecule has 26 heavy (non-hydrogen) atoms. The van der Waals surface area contributed by atoms with Crippen LogP contribution in [-0.2, 0) is 4.74 Å². The molecule has 0 radical (unpaired) electrons. The first-order chi connectivity index (χ1) is 12.5. The van der Waals surface area contributed by atoms with E-state index in [1.807, 2.05) is 26.0 Å². The lowest BCUT2D eigenvalue weighted by atomic mass is 10.0. The van der Waals surface area contributed by atoms with Gasteiger partial charge in [0.25, 0.3) is 11.8 Å². The van der Waals surface area contributed by atoms with Crippen molar-refractivity contribution in [1.29, 1.82) is 0 Å². The summed E-state index contributed by atoms with van der Waals surface area (Å²) >= 11 is 0. The zero-order valence-electron chi connectivity index (χ0n) is 15.2. The number of amides is 2. The molecule has 3 rings (SSSR count). The molecule has 0 aliphatic carbocycles. The first-order valence-electron chi connectivity index (χ1n) is 8.92. The number of hydrogen-bond donors (Lipinski definition) is 2. The predicted octanol–water partition coefficient (Wildman–Crippen LogP) is 3.46. The van der Waals surface area contributed by atoms with Gasteiger partial charge < -0.3 is 15.4 Å². The Morgan fingerprint density at radius 2 is 1.88 bits per heavy atom. The molecule has 1 saturated heterocycles. The van der Waals surface area contributed by atoms with Gasteiger partial charge in [-0.25, -0.2) is 0 Å². The lowest BCUT2D eigenvalue weighted by molar-refractivity contribution is 0.0858. The van der Waals surface area contributed by atoms with Crippen molar-refractivity contribution in [3.63, 3.8) is 0 Å². The average Bonchev–Trinajstić information content (AvgIpc) is 3.13. The molecule has 0 aromatic heterocycles. The molecule has 0 unspecified atom stereocenters. The van der Waals surface area contributed by atoms with Gasteiger partial charge in [0.2, 0.25) is 0 Å². The molecular formula is C21H24N2O3. The molecule has 5 nitrogen and oxygen atoms in total. The van der Waals surface area contributed by atoms with Crippen molar-refractivity contribution >= 4 is 17.5 Å². The Morgan fingerprint density at radius 1 is 1.08 bits per heavy atom. The molecule has 0 saturated carbocycles. The van der Waals surface area contributed by atoms with E-state index in [1.165, 1.54) is 0 Å². The number of nitrogens with one attached hydrogen (secondary N) is 2. The highest BCUT2D eigenvalue weighted by Crippen LogP contribution is 2.18. The van der Waals surface area contributed by atoms with Gasteiger partial charge in [-0.3, -0.25) is 9.59 Å². The molecule has 2 aromatic rings. The highest BCUT2D eigenvalue weighted by atomic mass is 16.5. The maximum Gasteiger partial charge on any atom is 0.255 e. The van der Waals surface area contributed by atoms with E-state index in [2.05, 4.69) is 10.6 Å². The van der Waals surface area contributed by atoms with Gasteiger partial charge in [-0.2, -0.15) is 0 Å². The quantitative estimate of drug-likeness (QED) is 0.866. The van der Waals surface area contributed by atoms with Gasteiger partial charge in [-0.05, 0) is 50.5 Å². The second-order valence-electron chi connectivity index (χ2n) is 6.66. The molecule has 0 spiro atoms. The van der Waals surface area contributed by atoms with Crippen LogP contribution >= 0.6 is 0 Å². The summed E-state index contributed by atoms with van der Waals surface area (Å²) in [5.74, 6) is -0.432. The summed E-state index contributed by atoms with van der Waals surface area (Å²) in [6, 6.07) is 12.7. The Labute approximate surface area is 153 Å². The molecule has 2 N–H and O–H groups in total. The van der Waals surface area contributed by atoms with Crippen molar-refractivity contribution < 1.29 is 14.3 Å². The van der Waals surface area contributed by atoms with Crippen molar-refractivity contribution in [2.24, 2.45) is 0 Å². The van der Waals surface area contributed by atoms with E-state index in [9.17, 15) is 9.59 Å². The highest BCUT2D eigenvalue weighted by molar-refractivity contribution is 6.09. The zero-order valence-corrected chi connectivity index (χ0v) is 15.2. The van der Waals surface area contributed by atoms with E-state index in [0.29, 0.717) is 23.4 Å². The Morgan fingerprint density at radius 3 is 2.62 bits per heavy atom. The summed E-state index contributed by atoms with van der Waals surface area (Å²) in [7, 11) is 0. The van der Waals surface area contributed by atoms with E-state index < -0.39 is 0 Å². The lowest BCUT2D eigenvalue weighted by Crippen LogP contribution is -2.32. The Bertz CT molecular complexity index is 811. The third kappa shape index (κ3) is 4.29. The number of rotatable bonds is 5. The van der Waals surface area contributed by atoms with Crippen molar-refractivity contribution in [2.45, 2.75) is 32.8 Å². The summed E-state index contributed by atoms with van der Waals surface area (Å²) in [4.78, 5) is 25.2. The minimum Gasteiger partial charge on any atom is -0.376 e. The van der Waals surface area contributed by atoms with Crippen LogP contribution < -0.4 is 10.6 Å². The lowest BCUT2D eigenvalue weighted by Gasteiger charge is -2.14. The van der Waals surface area contributed by atoms with Crippen LogP contribution in [0.4, 0.5) is 5.69 Å². The number of benzene rings is 2. The topological polar surface area (TPSA) is 67.4 Å². The number of aryl methyl sites for hydroxylation is 2. The first-order valence-corrected chi connectivity index (χ1v) is 8.92. The molecule has 2 aromatic carbocycles. The highest BCUT2D eigenvalue weighted by Gasteiger charge is 2.19. The third-order valence-electron chi connectivity index (χ3n) is 4.56. The summed E-state index contributed by atoms with van der Waals surface area (Å²) in [6.45, 7) is 5.13. The second kappa shape index (κ2) is 8.15. The average molecular weight is 352 g/mol. The number of hydrogen-bond acceptors (Lipinski definition) is 3. The monoisotopic (exact) mass is 352 g/mol. The zero-order chi connectivity index (χ0) is 18.5. The number of ether oxygens (including phenoxy) is 1. The van der Waals surface area contributed by atoms with E-state index in [1.54, 1.807) is 30.3 Å². The van der Waals surface area contributed by atoms with E-state index in [4.69, 9.17) is 4.74 Å². The number of carbonyl (C=O) groups excluding carboxylic acids is 2. The SMILES string of the molecule is Cc1ccc(C(=O)Nc2ccccc2C(=O)NC[C@@H]2CCCO2)c(C)c1. The van der Waals surface area contributed by atoms with Crippen LogP contribution in [0.2, 0.25) is 0 Å². The predicted molar refractivity (Wildman–Crippen MR) is 102 cm³/mol. The number of para-hydroxylation sites is 1. The molecule has 1 aliphatic heterocycles. The molecule has 1 fully saturated rings. The smallest absolute Gasteiger partial charge is 0.255 e. The van der Waals surface area contributed by atoms with E-state index in [-0.39, 0.29) is 17.9 Å². The van der Waals surface area contributed by atoms with Gasteiger partial charge in [0.15, 0.2) is 0 Å². The fraction of sp³-hybridized carbons (Fsp3) is 0.333. The summed E-state index contributed by atoms with van der Waals surface area (Å²) in [6.07, 6.45) is 2.07. The minimum atomic E-state index is -0.220. The number of anilines is 1. The number of carbonyl (C=O) groups is 2. The maximum absolute atomic E-state index is 12.6. The standard InChI is InChI=1S/C21H24N2O3/c1-14-9-10-17(15(2)12-14)21(25)23-19-8-4-3-7-18(19)20(24)22-13-16-6-5-11-26-16/h3-4,7-10,12,16H,5-6,11,13H2,1-2H3,(H,22,24)(H,23,25)/t16-/m0/s1. The molecule has 1 heterocycles. The second-order valence-corrected chi connectivity index (χ2v) is 6.66. The van der Waals surface area contributed by atoms with Crippen molar-refractivity contribution in [2.75, 3.05) is 18.5 Å². The van der Waals surface area contributed by atoms with Crippen molar-refractivity contribution in [1.82, 2.24) is 5.32 Å². The summed E-state index contributed by atoms with van der Waals surface area (Å²) < 4.78 is 5.53. The van der Waals surface area contributed by atoms with Crippen LogP contribution in [0.25, 0.3) is 0 Å². The molecular weight excluding hydrogens is 328 g/mol. The normalized spacial score (nSPS) is 16.3. The van der Waals surface area contributed by atoms with Crippen LogP contribution in [-0.4, -0.2) is 31.1 Å². The molecule has 1 aliphatic rings. The molecule has 5 heteroatoms. The van der Waals surface area contributed by atoms with Crippen LogP contribution in [0, 0.1) is 13.8 Å². The van der Waals surface area contributed by atoms with E-state index in [0.717, 1.165) is 30.6 Å². The Kier molecular flexibility index (Phi) is 5.68. The largest absolute Gasteiger partial charge is 0.376 e. The van der Waals surface area contributed by atoms with Gasteiger partial charge >= 0.3 is 0 Å². The fourth-order valence-electron chi connectivity index (χ4n) is 3.16. The van der Waals surface area contributed by atoms with Crippen molar-refractivity contribution in [3.8, 4) is 0 Å². The molecule has 0 bridgehead atoms. The van der Waals surface area contributed by atoms with Crippen LogP contribution in [0.3, 0.4) is 0 Å². The maximum atomic E-state index is 12.6. The van der Waals surface area contributed by atoms with Crippen molar-refractivity contribution in [3.05, 3.63) is 64.7 Å². The summed E-state index contributed by atoms with van der Waals surface area (Å²) in [5, 5.41) is 5.76. The third-order valence-corrected chi connectivity index (χ3v) is 4.56. The molecule has 2 amide bonds. The van der Waals surface area contributed by atoms with E-state index >= 15 is 0 Å². The summed E-state index contributed by atoms with van der Waals surface area (Å²) in [5.41, 5.74) is 3.56. The van der Waals surface area contributed by atoms with Gasteiger partial charge in [0.05, 0.1) is 17.4 Å². The molecule has 136 valence electrons. The van der Waals surface area contributed by atoms with Crippen LogP contribution in [0.15, 0.2) is 42.5 Å². The van der Waals surface area contributed by atoms with Gasteiger partial charge in [0.1, 0.15) is 0 Å². The van der Waals surface area contributed by atoms with Gasteiger partial charge in [-0.15, -0.1) is 0 Å². The van der Waals surface area contributed by atoms with Crippen LogP contribution in [0.5, 0.6) is 0 Å². The van der Waals surface area contributed by atoms with Crippen LogP contribution in [0.1, 0.15) is 44.7 Å². The molecule has 1 atom stereocenters. The fourth-order valence-corrected chi connectivity index (χ4v) is 3.16. The Balaban J connectivity index is 1.71. The Hall–Kier alpha value is -2.66. The minimum absolute atomic E-state index is 0.0795.